The van der Waals surface area contributed by atoms with Gasteiger partial charge in [0.2, 0.25) is 0 Å². The Morgan fingerprint density at radius 1 is 1.41 bits per heavy atom. The summed E-state index contributed by atoms with van der Waals surface area (Å²) in [7, 11) is 0. The van der Waals surface area contributed by atoms with E-state index in [-0.39, 0.29) is 30.1 Å². The van der Waals surface area contributed by atoms with Gasteiger partial charge in [-0.15, -0.1) is 24.0 Å². The molecular formula is C19H33ClIN5O. The van der Waals surface area contributed by atoms with Gasteiger partial charge in [-0.1, -0.05) is 31.5 Å². The third kappa shape index (κ3) is 9.91. The zero-order chi connectivity index (χ0) is 18.8. The van der Waals surface area contributed by atoms with Crippen LogP contribution < -0.4 is 10.6 Å². The monoisotopic (exact) mass is 509 g/mol. The van der Waals surface area contributed by atoms with Crippen molar-refractivity contribution < 1.29 is 4.74 Å². The highest BCUT2D eigenvalue weighted by Gasteiger charge is 2.20. The second kappa shape index (κ2) is 13.5. The molecule has 1 aliphatic heterocycles. The molecule has 0 aliphatic carbocycles. The lowest BCUT2D eigenvalue weighted by atomic mass is 10.2. The molecule has 2 heterocycles. The number of guanidine groups is 1. The van der Waals surface area contributed by atoms with E-state index >= 15 is 0 Å². The molecule has 1 saturated heterocycles. The van der Waals surface area contributed by atoms with Crippen LogP contribution in [0.2, 0.25) is 5.15 Å². The van der Waals surface area contributed by atoms with E-state index in [2.05, 4.69) is 41.3 Å². The van der Waals surface area contributed by atoms with Crippen LogP contribution >= 0.6 is 35.6 Å². The van der Waals surface area contributed by atoms with E-state index in [1.165, 1.54) is 0 Å². The van der Waals surface area contributed by atoms with Gasteiger partial charge >= 0.3 is 0 Å². The van der Waals surface area contributed by atoms with Gasteiger partial charge in [0.05, 0.1) is 19.3 Å². The minimum absolute atomic E-state index is 0. The molecule has 154 valence electrons. The Balaban J connectivity index is 0.00000364. The number of nitrogens with zero attached hydrogens (tertiary/aromatic N) is 3. The van der Waals surface area contributed by atoms with Crippen LogP contribution in [0.15, 0.2) is 23.3 Å². The first-order chi connectivity index (χ1) is 12.6. The highest BCUT2D eigenvalue weighted by Crippen LogP contribution is 2.08. The van der Waals surface area contributed by atoms with Gasteiger partial charge in [-0.2, -0.15) is 0 Å². The molecule has 0 amide bonds. The summed E-state index contributed by atoms with van der Waals surface area (Å²) < 4.78 is 5.88. The minimum Gasteiger partial charge on any atom is -0.374 e. The summed E-state index contributed by atoms with van der Waals surface area (Å²) in [6.45, 7) is 12.8. The van der Waals surface area contributed by atoms with Crippen LogP contribution in [0.1, 0.15) is 26.3 Å². The second-order valence-corrected chi connectivity index (χ2v) is 7.42. The molecule has 1 unspecified atom stereocenters. The molecule has 1 aromatic rings. The predicted octanol–water partition coefficient (Wildman–Crippen LogP) is 2.81. The first-order valence-electron chi connectivity index (χ1n) is 9.53. The van der Waals surface area contributed by atoms with Crippen molar-refractivity contribution in [2.45, 2.75) is 33.3 Å². The van der Waals surface area contributed by atoms with E-state index in [4.69, 9.17) is 21.3 Å². The molecular weight excluding hydrogens is 477 g/mol. The van der Waals surface area contributed by atoms with Crippen molar-refractivity contribution >= 4 is 41.5 Å². The van der Waals surface area contributed by atoms with E-state index < -0.39 is 0 Å². The van der Waals surface area contributed by atoms with Gasteiger partial charge in [0.15, 0.2) is 5.96 Å². The molecule has 2 rings (SSSR count). The molecule has 0 radical (unpaired) electrons. The number of hydrogen-bond donors (Lipinski definition) is 2. The SMILES string of the molecule is CCNC(=NCC1CN(CC(C)C)CCO1)NCCc1ccc(Cl)nc1.I. The number of halogens is 2. The molecule has 0 saturated carbocycles. The lowest BCUT2D eigenvalue weighted by molar-refractivity contribution is -0.0261. The van der Waals surface area contributed by atoms with Crippen molar-refractivity contribution in [1.82, 2.24) is 20.5 Å². The summed E-state index contributed by atoms with van der Waals surface area (Å²) in [5, 5.41) is 7.19. The zero-order valence-electron chi connectivity index (χ0n) is 16.6. The molecule has 8 heteroatoms. The van der Waals surface area contributed by atoms with Gasteiger partial charge in [0.1, 0.15) is 5.15 Å². The van der Waals surface area contributed by atoms with Crippen LogP contribution in [0.5, 0.6) is 0 Å². The number of aliphatic imine (C=N–C) groups is 1. The second-order valence-electron chi connectivity index (χ2n) is 7.03. The Kier molecular flexibility index (Phi) is 12.2. The Labute approximate surface area is 185 Å². The van der Waals surface area contributed by atoms with Crippen molar-refractivity contribution in [2.24, 2.45) is 10.9 Å². The average Bonchev–Trinajstić information content (AvgIpc) is 2.61. The maximum Gasteiger partial charge on any atom is 0.191 e. The first-order valence-corrected chi connectivity index (χ1v) is 9.91. The molecule has 1 atom stereocenters. The van der Waals surface area contributed by atoms with Crippen LogP contribution in [0.4, 0.5) is 0 Å². The number of nitrogens with one attached hydrogen (secondary N) is 2. The Morgan fingerprint density at radius 2 is 2.22 bits per heavy atom. The smallest absolute Gasteiger partial charge is 0.191 e. The third-order valence-corrected chi connectivity index (χ3v) is 4.36. The maximum absolute atomic E-state index is 5.88. The minimum atomic E-state index is 0. The fourth-order valence-electron chi connectivity index (χ4n) is 2.99. The summed E-state index contributed by atoms with van der Waals surface area (Å²) in [4.78, 5) is 11.3. The molecule has 1 fully saturated rings. The lowest BCUT2D eigenvalue weighted by Gasteiger charge is -2.33. The highest BCUT2D eigenvalue weighted by molar-refractivity contribution is 14.0. The zero-order valence-corrected chi connectivity index (χ0v) is 19.7. The number of morpholine rings is 1. The van der Waals surface area contributed by atoms with Crippen LogP contribution in [0.25, 0.3) is 0 Å². The molecule has 0 spiro atoms. The molecule has 0 aromatic carbocycles. The van der Waals surface area contributed by atoms with Gasteiger partial charge in [-0.3, -0.25) is 9.89 Å². The van der Waals surface area contributed by atoms with E-state index in [0.29, 0.717) is 17.6 Å². The summed E-state index contributed by atoms with van der Waals surface area (Å²) in [6, 6.07) is 3.82. The van der Waals surface area contributed by atoms with Gasteiger partial charge in [0.25, 0.3) is 0 Å². The number of rotatable bonds is 8. The molecule has 6 nitrogen and oxygen atoms in total. The van der Waals surface area contributed by atoms with E-state index in [1.54, 1.807) is 0 Å². The topological polar surface area (TPSA) is 61.8 Å². The molecule has 0 bridgehead atoms. The normalized spacial score (nSPS) is 18.3. The Hall–Kier alpha value is -0.640. The lowest BCUT2D eigenvalue weighted by Crippen LogP contribution is -2.46. The van der Waals surface area contributed by atoms with Crippen LogP contribution in [0, 0.1) is 5.92 Å². The van der Waals surface area contributed by atoms with Gasteiger partial charge in [-0.05, 0) is 30.9 Å². The summed E-state index contributed by atoms with van der Waals surface area (Å²) in [6.07, 6.45) is 2.85. The van der Waals surface area contributed by atoms with Crippen molar-refractivity contribution in [1.29, 1.82) is 0 Å². The maximum atomic E-state index is 5.88. The van der Waals surface area contributed by atoms with Crippen molar-refractivity contribution in [3.63, 3.8) is 0 Å². The fraction of sp³-hybridized carbons (Fsp3) is 0.684. The Morgan fingerprint density at radius 3 is 2.89 bits per heavy atom. The van der Waals surface area contributed by atoms with E-state index in [1.807, 2.05) is 18.3 Å². The summed E-state index contributed by atoms with van der Waals surface area (Å²) >= 11 is 5.82. The number of aromatic nitrogens is 1. The number of pyridine rings is 1. The van der Waals surface area contributed by atoms with Crippen LogP contribution in [-0.2, 0) is 11.2 Å². The molecule has 1 aliphatic rings. The van der Waals surface area contributed by atoms with E-state index in [9.17, 15) is 0 Å². The van der Waals surface area contributed by atoms with Crippen molar-refractivity contribution in [3.05, 3.63) is 29.0 Å². The van der Waals surface area contributed by atoms with Gasteiger partial charge < -0.3 is 15.4 Å². The fourth-order valence-corrected chi connectivity index (χ4v) is 3.10. The Bertz CT molecular complexity index is 556. The number of ether oxygens (including phenoxy) is 1. The van der Waals surface area contributed by atoms with Crippen LogP contribution in [0.3, 0.4) is 0 Å². The van der Waals surface area contributed by atoms with Crippen LogP contribution in [-0.4, -0.2) is 67.8 Å². The van der Waals surface area contributed by atoms with Crippen molar-refractivity contribution in [2.75, 3.05) is 45.9 Å². The average molecular weight is 510 g/mol. The van der Waals surface area contributed by atoms with Gasteiger partial charge in [0, 0.05) is 38.9 Å². The number of hydrogen-bond acceptors (Lipinski definition) is 4. The van der Waals surface area contributed by atoms with Crippen molar-refractivity contribution in [3.8, 4) is 0 Å². The highest BCUT2D eigenvalue weighted by atomic mass is 127. The first kappa shape index (κ1) is 24.4. The molecule has 1 aromatic heterocycles. The van der Waals surface area contributed by atoms with Gasteiger partial charge in [-0.25, -0.2) is 4.98 Å². The summed E-state index contributed by atoms with van der Waals surface area (Å²) in [5.41, 5.74) is 1.15. The van der Waals surface area contributed by atoms with E-state index in [0.717, 1.165) is 57.3 Å². The third-order valence-electron chi connectivity index (χ3n) is 4.14. The summed E-state index contributed by atoms with van der Waals surface area (Å²) in [5.74, 6) is 1.51. The molecule has 2 N–H and O–H groups in total. The molecule has 27 heavy (non-hydrogen) atoms. The largest absolute Gasteiger partial charge is 0.374 e. The predicted molar refractivity (Wildman–Crippen MR) is 123 cm³/mol. The quantitative estimate of drug-likeness (QED) is 0.244. The standard InChI is InChI=1S/C19H32ClN5O.HI/c1-4-21-19(22-8-7-16-5-6-18(20)23-11-16)24-12-17-14-25(9-10-26-17)13-15(2)3;/h5-6,11,15,17H,4,7-10,12-14H2,1-3H3,(H2,21,22,24);1H.